The number of thioether (sulfide) groups is 1. The Morgan fingerprint density at radius 2 is 1.88 bits per heavy atom. The van der Waals surface area contributed by atoms with Crippen LogP contribution in [0.4, 0.5) is 0 Å². The van der Waals surface area contributed by atoms with Gasteiger partial charge in [-0.15, -0.1) is 0 Å². The Morgan fingerprint density at radius 1 is 1.18 bits per heavy atom. The number of aliphatic carboxylic acids is 1. The molecule has 0 bridgehead atoms. The van der Waals surface area contributed by atoms with E-state index in [2.05, 4.69) is 10.1 Å². The zero-order valence-electron chi connectivity index (χ0n) is 19.0. The third kappa shape index (κ3) is 5.14. The molecule has 2 aromatic rings. The van der Waals surface area contributed by atoms with Crippen LogP contribution in [0, 0.1) is 5.92 Å². The molecule has 33 heavy (non-hydrogen) atoms. The first-order valence-corrected chi connectivity index (χ1v) is 12.7. The summed E-state index contributed by atoms with van der Waals surface area (Å²) < 4.78 is 0. The number of nitrogens with zero attached hydrogens (tertiary/aromatic N) is 2. The molecule has 2 unspecified atom stereocenters. The highest BCUT2D eigenvalue weighted by Crippen LogP contribution is 2.42. The molecule has 6 nitrogen and oxygen atoms in total. The van der Waals surface area contributed by atoms with Gasteiger partial charge in [-0.05, 0) is 47.9 Å². The fraction of sp³-hybridized carbons (Fsp3) is 0.423. The lowest BCUT2D eigenvalue weighted by molar-refractivity contribution is -0.139. The molecule has 2 atom stereocenters. The number of ketones is 1. The molecular formula is C26H31N3O3S. The van der Waals surface area contributed by atoms with E-state index in [4.69, 9.17) is 5.73 Å². The van der Waals surface area contributed by atoms with E-state index in [-0.39, 0.29) is 18.1 Å². The third-order valence-electron chi connectivity index (χ3n) is 6.90. The minimum atomic E-state index is -0.832. The summed E-state index contributed by atoms with van der Waals surface area (Å²) in [6.45, 7) is 3.91. The second-order valence-electron chi connectivity index (χ2n) is 8.86. The van der Waals surface area contributed by atoms with E-state index in [9.17, 15) is 14.7 Å². The molecule has 2 aliphatic rings. The van der Waals surface area contributed by atoms with Gasteiger partial charge in [-0.3, -0.25) is 14.6 Å². The SMILES string of the molecule is CCC1(N)c2cc(C(=O)c3ccc(C=NN4CCSCC4)cc3)ccc2CCC1CC(=O)O. The molecule has 1 saturated heterocycles. The summed E-state index contributed by atoms with van der Waals surface area (Å²) in [6, 6.07) is 13.2. The van der Waals surface area contributed by atoms with Crippen molar-refractivity contribution >= 4 is 29.7 Å². The van der Waals surface area contributed by atoms with Crippen LogP contribution >= 0.6 is 11.8 Å². The molecule has 3 N–H and O–H groups in total. The number of rotatable bonds is 7. The molecule has 0 radical (unpaired) electrons. The van der Waals surface area contributed by atoms with Gasteiger partial charge in [0.2, 0.25) is 0 Å². The summed E-state index contributed by atoms with van der Waals surface area (Å²) in [4.78, 5) is 24.6. The maximum absolute atomic E-state index is 13.2. The van der Waals surface area contributed by atoms with Gasteiger partial charge in [-0.1, -0.05) is 43.3 Å². The molecule has 7 heteroatoms. The van der Waals surface area contributed by atoms with E-state index in [1.165, 1.54) is 0 Å². The van der Waals surface area contributed by atoms with Crippen molar-refractivity contribution in [2.75, 3.05) is 24.6 Å². The predicted molar refractivity (Wildman–Crippen MR) is 133 cm³/mol. The van der Waals surface area contributed by atoms with Crippen LogP contribution in [0.15, 0.2) is 47.6 Å². The highest BCUT2D eigenvalue weighted by Gasteiger charge is 2.41. The van der Waals surface area contributed by atoms with Crippen molar-refractivity contribution in [2.45, 2.75) is 38.1 Å². The van der Waals surface area contributed by atoms with Gasteiger partial charge in [-0.2, -0.15) is 16.9 Å². The highest BCUT2D eigenvalue weighted by atomic mass is 32.2. The lowest BCUT2D eigenvalue weighted by atomic mass is 9.66. The molecule has 2 aromatic carbocycles. The van der Waals surface area contributed by atoms with Crippen LogP contribution in [0.5, 0.6) is 0 Å². The number of benzene rings is 2. The maximum atomic E-state index is 13.2. The van der Waals surface area contributed by atoms with Crippen molar-refractivity contribution < 1.29 is 14.7 Å². The van der Waals surface area contributed by atoms with E-state index in [0.717, 1.165) is 54.1 Å². The van der Waals surface area contributed by atoms with Gasteiger partial charge in [0.05, 0.1) is 12.6 Å². The predicted octanol–water partition coefficient (Wildman–Crippen LogP) is 3.90. The van der Waals surface area contributed by atoms with Gasteiger partial charge in [-0.25, -0.2) is 0 Å². The number of aryl methyl sites for hydroxylation is 1. The van der Waals surface area contributed by atoms with Gasteiger partial charge in [0.1, 0.15) is 0 Å². The molecule has 0 amide bonds. The van der Waals surface area contributed by atoms with E-state index in [0.29, 0.717) is 17.5 Å². The second kappa shape index (κ2) is 10.1. The largest absolute Gasteiger partial charge is 0.481 e. The molecule has 1 heterocycles. The number of carbonyl (C=O) groups is 2. The van der Waals surface area contributed by atoms with Crippen LogP contribution in [0.3, 0.4) is 0 Å². The molecule has 1 aliphatic carbocycles. The molecule has 174 valence electrons. The van der Waals surface area contributed by atoms with Crippen LogP contribution in [-0.4, -0.2) is 52.7 Å². The van der Waals surface area contributed by atoms with Crippen molar-refractivity contribution in [1.82, 2.24) is 5.01 Å². The Morgan fingerprint density at radius 3 is 2.55 bits per heavy atom. The maximum Gasteiger partial charge on any atom is 0.303 e. The molecule has 4 rings (SSSR count). The number of hydrazone groups is 1. The second-order valence-corrected chi connectivity index (χ2v) is 10.1. The Kier molecular flexibility index (Phi) is 7.20. The fourth-order valence-corrected chi connectivity index (χ4v) is 5.74. The van der Waals surface area contributed by atoms with Crippen molar-refractivity contribution in [1.29, 1.82) is 0 Å². The first-order chi connectivity index (χ1) is 15.9. The summed E-state index contributed by atoms with van der Waals surface area (Å²) >= 11 is 1.95. The first kappa shape index (κ1) is 23.5. The van der Waals surface area contributed by atoms with E-state index < -0.39 is 11.5 Å². The standard InChI is InChI=1S/C26H31N3O3S/c1-2-26(27)22(16-24(30)31)10-9-19-7-8-21(15-23(19)26)25(32)20-5-3-18(4-6-20)17-28-29-11-13-33-14-12-29/h3-8,15,17,22H,2,9-14,16,27H2,1H3,(H,30,31). The summed E-state index contributed by atoms with van der Waals surface area (Å²) in [6.07, 6.45) is 4.04. The Labute approximate surface area is 199 Å². The lowest BCUT2D eigenvalue weighted by Gasteiger charge is -2.42. The smallest absolute Gasteiger partial charge is 0.303 e. The first-order valence-electron chi connectivity index (χ1n) is 11.6. The van der Waals surface area contributed by atoms with Crippen LogP contribution in [-0.2, 0) is 16.8 Å². The number of carbonyl (C=O) groups excluding carboxylic acids is 1. The molecule has 1 fully saturated rings. The lowest BCUT2D eigenvalue weighted by Crippen LogP contribution is -2.47. The topological polar surface area (TPSA) is 96.0 Å². The van der Waals surface area contributed by atoms with Gasteiger partial charge in [0.15, 0.2) is 5.78 Å². The summed E-state index contributed by atoms with van der Waals surface area (Å²) in [5.74, 6) is 1.17. The molecule has 0 saturated carbocycles. The van der Waals surface area contributed by atoms with Gasteiger partial charge in [0.25, 0.3) is 0 Å². The minimum Gasteiger partial charge on any atom is -0.481 e. The zero-order chi connectivity index (χ0) is 23.4. The van der Waals surface area contributed by atoms with Gasteiger partial charge >= 0.3 is 5.97 Å². The summed E-state index contributed by atoms with van der Waals surface area (Å²) in [5.41, 5.74) is 10.2. The number of fused-ring (bicyclic) bond motifs is 1. The highest BCUT2D eigenvalue weighted by molar-refractivity contribution is 7.99. The van der Waals surface area contributed by atoms with Crippen molar-refractivity contribution in [3.05, 3.63) is 70.3 Å². The number of nitrogens with two attached hydrogens (primary N) is 1. The minimum absolute atomic E-state index is 0.0429. The fourth-order valence-electron chi connectivity index (χ4n) is 4.86. The van der Waals surface area contributed by atoms with Crippen molar-refractivity contribution in [3.8, 4) is 0 Å². The molecular weight excluding hydrogens is 434 g/mol. The summed E-state index contributed by atoms with van der Waals surface area (Å²) in [5, 5.41) is 16.0. The van der Waals surface area contributed by atoms with Gasteiger partial charge in [0, 0.05) is 41.3 Å². The van der Waals surface area contributed by atoms with Crippen LogP contribution in [0.1, 0.15) is 58.8 Å². The van der Waals surface area contributed by atoms with Gasteiger partial charge < -0.3 is 10.8 Å². The van der Waals surface area contributed by atoms with E-state index in [1.54, 1.807) is 0 Å². The average Bonchev–Trinajstić information content (AvgIpc) is 2.84. The number of hydrogen-bond donors (Lipinski definition) is 2. The number of carboxylic acid groups (broad SMARTS) is 1. The summed E-state index contributed by atoms with van der Waals surface area (Å²) in [7, 11) is 0. The van der Waals surface area contributed by atoms with Crippen molar-refractivity contribution in [2.24, 2.45) is 16.8 Å². The normalized spacial score (nSPS) is 22.8. The quantitative estimate of drug-likeness (QED) is 0.476. The number of carboxylic acids is 1. The Balaban J connectivity index is 1.54. The Bertz CT molecular complexity index is 1050. The van der Waals surface area contributed by atoms with Crippen molar-refractivity contribution in [3.63, 3.8) is 0 Å². The Hall–Kier alpha value is -2.64. The van der Waals surface area contributed by atoms with Crippen LogP contribution in [0.2, 0.25) is 0 Å². The van der Waals surface area contributed by atoms with Crippen LogP contribution < -0.4 is 5.73 Å². The zero-order valence-corrected chi connectivity index (χ0v) is 19.8. The third-order valence-corrected chi connectivity index (χ3v) is 7.84. The molecule has 1 aliphatic heterocycles. The number of hydrogen-bond acceptors (Lipinski definition) is 6. The monoisotopic (exact) mass is 465 g/mol. The van der Waals surface area contributed by atoms with E-state index in [1.807, 2.05) is 67.4 Å². The molecule has 0 spiro atoms. The van der Waals surface area contributed by atoms with E-state index >= 15 is 0 Å². The van der Waals surface area contributed by atoms with Crippen LogP contribution in [0.25, 0.3) is 0 Å². The average molecular weight is 466 g/mol. The molecule has 0 aromatic heterocycles.